The van der Waals surface area contributed by atoms with Gasteiger partial charge in [-0.05, 0) is 18.3 Å². The molecule has 0 aliphatic heterocycles. The van der Waals surface area contributed by atoms with Gasteiger partial charge in [-0.1, -0.05) is 45.7 Å². The second kappa shape index (κ2) is 4.81. The van der Waals surface area contributed by atoms with Crippen LogP contribution in [0.25, 0.3) is 0 Å². The first kappa shape index (κ1) is 15.4. The van der Waals surface area contributed by atoms with Crippen molar-refractivity contribution in [2.45, 2.75) is 31.5 Å². The van der Waals surface area contributed by atoms with Crippen molar-refractivity contribution < 1.29 is 9.59 Å². The Kier molecular flexibility index (Phi) is 3.91. The van der Waals surface area contributed by atoms with Gasteiger partial charge in [0.1, 0.15) is 0 Å². The zero-order valence-electron chi connectivity index (χ0n) is 11.3. The summed E-state index contributed by atoms with van der Waals surface area (Å²) in [6.07, 6.45) is 1.51. The molecule has 0 aromatic heterocycles. The Morgan fingerprint density at radius 2 is 2.11 bits per heavy atom. The summed E-state index contributed by atoms with van der Waals surface area (Å²) in [5.41, 5.74) is 3.98. The van der Waals surface area contributed by atoms with Gasteiger partial charge in [0.05, 0.1) is 10.2 Å². The molecule has 108 valence electrons. The van der Waals surface area contributed by atoms with Crippen LogP contribution in [-0.4, -0.2) is 34.9 Å². The van der Waals surface area contributed by atoms with Crippen LogP contribution in [0, 0.1) is 16.2 Å². The zero-order valence-corrected chi connectivity index (χ0v) is 14.4. The molecule has 0 aromatic rings. The van der Waals surface area contributed by atoms with Crippen LogP contribution in [0.3, 0.4) is 0 Å². The SMILES string of the molecule is CC1(C)[C@]2(CBr)CC[C@@]1(C(=O)NCCN)[C@H](Br)C2=O. The standard InChI is InChI=1S/C13H20Br2N2O2/c1-11(2)12(7-14)3-4-13(11,8(15)9(12)18)10(19)17-6-5-16/h8H,3-7,16H2,1-2H3,(H,17,19)/t8-,12+,13+/m1/s1. The van der Waals surface area contributed by atoms with Crippen LogP contribution in [0.1, 0.15) is 26.7 Å². The third-order valence-corrected chi connectivity index (χ3v) is 7.61. The van der Waals surface area contributed by atoms with E-state index in [0.29, 0.717) is 18.4 Å². The van der Waals surface area contributed by atoms with Gasteiger partial charge in [0.25, 0.3) is 0 Å². The summed E-state index contributed by atoms with van der Waals surface area (Å²) in [7, 11) is 0. The van der Waals surface area contributed by atoms with Gasteiger partial charge in [0.2, 0.25) is 5.91 Å². The molecule has 2 aliphatic carbocycles. The first-order valence-corrected chi connectivity index (χ1v) is 8.58. The van der Waals surface area contributed by atoms with Gasteiger partial charge in [0.15, 0.2) is 5.78 Å². The summed E-state index contributed by atoms with van der Waals surface area (Å²) in [5.74, 6) is 0.113. The van der Waals surface area contributed by atoms with Gasteiger partial charge in [-0.15, -0.1) is 0 Å². The van der Waals surface area contributed by atoms with Crippen molar-refractivity contribution in [2.75, 3.05) is 18.4 Å². The summed E-state index contributed by atoms with van der Waals surface area (Å²) >= 11 is 7.00. The molecule has 2 aliphatic rings. The number of hydrogen-bond acceptors (Lipinski definition) is 3. The molecule has 1 amide bonds. The minimum Gasteiger partial charge on any atom is -0.354 e. The van der Waals surface area contributed by atoms with E-state index < -0.39 is 15.7 Å². The lowest BCUT2D eigenvalue weighted by Crippen LogP contribution is -2.51. The van der Waals surface area contributed by atoms with Crippen LogP contribution in [0.15, 0.2) is 0 Å². The minimum absolute atomic E-state index is 0.0431. The van der Waals surface area contributed by atoms with Crippen LogP contribution in [0.5, 0.6) is 0 Å². The van der Waals surface area contributed by atoms with Crippen molar-refractivity contribution in [3.8, 4) is 0 Å². The average molecular weight is 396 g/mol. The molecule has 2 fully saturated rings. The number of rotatable bonds is 4. The third-order valence-electron chi connectivity index (χ3n) is 5.46. The van der Waals surface area contributed by atoms with E-state index in [1.807, 2.05) is 13.8 Å². The Bertz CT molecular complexity index is 427. The Morgan fingerprint density at radius 1 is 1.47 bits per heavy atom. The molecule has 0 radical (unpaired) electrons. The fourth-order valence-electron chi connectivity index (χ4n) is 3.96. The number of fused-ring (bicyclic) bond motifs is 2. The third kappa shape index (κ3) is 1.59. The molecule has 0 unspecified atom stereocenters. The molecule has 2 bridgehead atoms. The molecular weight excluding hydrogens is 376 g/mol. The van der Waals surface area contributed by atoms with E-state index in [0.717, 1.165) is 12.8 Å². The van der Waals surface area contributed by atoms with Gasteiger partial charge in [-0.3, -0.25) is 9.59 Å². The monoisotopic (exact) mass is 394 g/mol. The number of amides is 1. The summed E-state index contributed by atoms with van der Waals surface area (Å²) in [5, 5.41) is 3.49. The van der Waals surface area contributed by atoms with Crippen molar-refractivity contribution in [3.63, 3.8) is 0 Å². The predicted molar refractivity (Wildman–Crippen MR) is 81.5 cm³/mol. The van der Waals surface area contributed by atoms with Crippen LogP contribution in [0.4, 0.5) is 0 Å². The highest BCUT2D eigenvalue weighted by Gasteiger charge is 2.77. The van der Waals surface area contributed by atoms with E-state index in [4.69, 9.17) is 5.73 Å². The lowest BCUT2D eigenvalue weighted by atomic mass is 9.64. The van der Waals surface area contributed by atoms with E-state index in [-0.39, 0.29) is 17.1 Å². The molecule has 3 atom stereocenters. The maximum absolute atomic E-state index is 12.6. The lowest BCUT2D eigenvalue weighted by Gasteiger charge is -2.40. The molecule has 0 aromatic carbocycles. The number of carbonyl (C=O) groups is 2. The zero-order chi connectivity index (χ0) is 14.5. The second-order valence-electron chi connectivity index (χ2n) is 6.08. The summed E-state index contributed by atoms with van der Waals surface area (Å²) in [6.45, 7) is 4.95. The Morgan fingerprint density at radius 3 is 2.58 bits per heavy atom. The minimum atomic E-state index is -0.660. The van der Waals surface area contributed by atoms with Crippen LogP contribution in [-0.2, 0) is 9.59 Å². The van der Waals surface area contributed by atoms with Gasteiger partial charge < -0.3 is 11.1 Å². The summed E-state index contributed by atoms with van der Waals surface area (Å²) in [6, 6.07) is 0. The molecular formula is C13H20Br2N2O2. The largest absolute Gasteiger partial charge is 0.354 e. The molecule has 0 saturated heterocycles. The normalized spacial score (nSPS) is 39.6. The molecule has 0 heterocycles. The Balaban J connectivity index is 2.46. The lowest BCUT2D eigenvalue weighted by molar-refractivity contribution is -0.135. The van der Waals surface area contributed by atoms with Gasteiger partial charge in [-0.2, -0.15) is 0 Å². The maximum atomic E-state index is 12.6. The number of hydrogen-bond donors (Lipinski definition) is 2. The number of ketones is 1. The van der Waals surface area contributed by atoms with Gasteiger partial charge in [0, 0.05) is 23.8 Å². The number of Topliss-reactive ketones (excluding diaryl/α,β-unsaturated/α-hetero) is 1. The van der Waals surface area contributed by atoms with E-state index in [9.17, 15) is 9.59 Å². The number of nitrogens with one attached hydrogen (secondary N) is 1. The first-order valence-electron chi connectivity index (χ1n) is 6.54. The van der Waals surface area contributed by atoms with Crippen LogP contribution >= 0.6 is 31.9 Å². The Labute approximate surface area is 130 Å². The molecule has 2 rings (SSSR count). The van der Waals surface area contributed by atoms with E-state index in [1.54, 1.807) is 0 Å². The molecule has 19 heavy (non-hydrogen) atoms. The van der Waals surface area contributed by atoms with Crippen LogP contribution < -0.4 is 11.1 Å². The van der Waals surface area contributed by atoms with E-state index >= 15 is 0 Å². The number of alkyl halides is 2. The second-order valence-corrected chi connectivity index (χ2v) is 7.56. The molecule has 3 N–H and O–H groups in total. The smallest absolute Gasteiger partial charge is 0.228 e. The number of halogens is 2. The highest BCUT2D eigenvalue weighted by Crippen LogP contribution is 2.72. The maximum Gasteiger partial charge on any atom is 0.228 e. The highest BCUT2D eigenvalue weighted by molar-refractivity contribution is 9.10. The molecule has 4 nitrogen and oxygen atoms in total. The van der Waals surface area contributed by atoms with Crippen molar-refractivity contribution in [2.24, 2.45) is 22.0 Å². The number of nitrogens with two attached hydrogens (primary N) is 1. The summed E-state index contributed by atoms with van der Waals surface area (Å²) < 4.78 is 0. The van der Waals surface area contributed by atoms with Gasteiger partial charge >= 0.3 is 0 Å². The fourth-order valence-corrected chi connectivity index (χ4v) is 6.66. The Hall–Kier alpha value is 0.0600. The van der Waals surface area contributed by atoms with Crippen molar-refractivity contribution in [1.29, 1.82) is 0 Å². The van der Waals surface area contributed by atoms with E-state index in [1.165, 1.54) is 0 Å². The van der Waals surface area contributed by atoms with Crippen molar-refractivity contribution >= 4 is 43.6 Å². The molecule has 2 saturated carbocycles. The first-order chi connectivity index (χ1) is 8.81. The van der Waals surface area contributed by atoms with E-state index in [2.05, 4.69) is 37.2 Å². The summed E-state index contributed by atoms with van der Waals surface area (Å²) in [4.78, 5) is 24.9. The average Bonchev–Trinajstić information content (AvgIpc) is 2.69. The van der Waals surface area contributed by atoms with Gasteiger partial charge in [-0.25, -0.2) is 0 Å². The fraction of sp³-hybridized carbons (Fsp3) is 0.846. The van der Waals surface area contributed by atoms with Crippen molar-refractivity contribution in [3.05, 3.63) is 0 Å². The van der Waals surface area contributed by atoms with Crippen molar-refractivity contribution in [1.82, 2.24) is 5.32 Å². The quantitative estimate of drug-likeness (QED) is 0.710. The topological polar surface area (TPSA) is 72.2 Å². The van der Waals surface area contributed by atoms with Crippen LogP contribution in [0.2, 0.25) is 0 Å². The molecule has 0 spiro atoms. The number of carbonyl (C=O) groups excluding carboxylic acids is 2. The predicted octanol–water partition coefficient (Wildman–Crippen LogP) is 1.60. The highest BCUT2D eigenvalue weighted by atomic mass is 79.9. The molecule has 6 heteroatoms.